The smallest absolute Gasteiger partial charge is 0.374 e. The highest BCUT2D eigenvalue weighted by Gasteiger charge is 2.48. The number of aromatic nitrogens is 1. The number of likely N-dealkylation sites (tertiary alicyclic amines) is 1. The van der Waals surface area contributed by atoms with Crippen molar-refractivity contribution in [3.63, 3.8) is 0 Å². The minimum absolute atomic E-state index is 0.144. The van der Waals surface area contributed by atoms with E-state index in [0.717, 1.165) is 32.1 Å². The molecule has 0 amide bonds. The number of rotatable bonds is 3. The second kappa shape index (κ2) is 5.80. The minimum atomic E-state index is -5.66. The molecule has 5 nitrogen and oxygen atoms in total. The Morgan fingerprint density at radius 2 is 1.90 bits per heavy atom. The monoisotopic (exact) mass is 324 g/mol. The maximum atomic E-state index is 12.3. The molecule has 1 fully saturated rings. The molecule has 1 aromatic rings. The van der Waals surface area contributed by atoms with E-state index in [1.54, 1.807) is 0 Å². The summed E-state index contributed by atoms with van der Waals surface area (Å²) in [6.45, 7) is 1.74. The van der Waals surface area contributed by atoms with E-state index in [0.29, 0.717) is 5.56 Å². The van der Waals surface area contributed by atoms with E-state index < -0.39 is 21.4 Å². The molecule has 1 saturated heterocycles. The highest BCUT2D eigenvalue weighted by molar-refractivity contribution is 7.87. The van der Waals surface area contributed by atoms with Gasteiger partial charge in [-0.15, -0.1) is 0 Å². The van der Waals surface area contributed by atoms with Crippen LogP contribution in [-0.2, 0) is 10.1 Å². The summed E-state index contributed by atoms with van der Waals surface area (Å²) < 4.78 is 62.9. The molecule has 0 unspecified atom stereocenters. The van der Waals surface area contributed by atoms with Gasteiger partial charge in [0.25, 0.3) is 0 Å². The molecule has 1 aromatic heterocycles. The average molecular weight is 324 g/mol. The fourth-order valence-electron chi connectivity index (χ4n) is 2.22. The van der Waals surface area contributed by atoms with Crippen molar-refractivity contribution in [2.75, 3.05) is 20.1 Å². The summed E-state index contributed by atoms with van der Waals surface area (Å²) in [5.41, 5.74) is -4.76. The Morgan fingerprint density at radius 1 is 1.29 bits per heavy atom. The Bertz CT molecular complexity index is 596. The summed E-state index contributed by atoms with van der Waals surface area (Å²) in [7, 11) is -3.67. The third-order valence-electron chi connectivity index (χ3n) is 3.41. The van der Waals surface area contributed by atoms with Crippen LogP contribution in [0.5, 0.6) is 5.75 Å². The van der Waals surface area contributed by atoms with Gasteiger partial charge in [0.15, 0.2) is 5.75 Å². The average Bonchev–Trinajstić information content (AvgIpc) is 2.38. The van der Waals surface area contributed by atoms with Gasteiger partial charge in [-0.25, -0.2) is 0 Å². The fraction of sp³-hybridized carbons (Fsp3) is 0.583. The molecule has 1 aliphatic heterocycles. The van der Waals surface area contributed by atoms with Gasteiger partial charge in [0, 0.05) is 6.20 Å². The number of hydrogen-bond acceptors (Lipinski definition) is 5. The van der Waals surface area contributed by atoms with Gasteiger partial charge in [-0.05, 0) is 50.5 Å². The summed E-state index contributed by atoms with van der Waals surface area (Å²) in [5.74, 6) is -0.269. The summed E-state index contributed by atoms with van der Waals surface area (Å²) in [4.78, 5) is 5.93. The summed E-state index contributed by atoms with van der Waals surface area (Å²) in [5, 5.41) is 0. The van der Waals surface area contributed by atoms with Crippen molar-refractivity contribution in [3.05, 3.63) is 24.0 Å². The Morgan fingerprint density at radius 3 is 2.48 bits per heavy atom. The predicted octanol–water partition coefficient (Wildman–Crippen LogP) is 2.12. The number of hydrogen-bond donors (Lipinski definition) is 0. The maximum Gasteiger partial charge on any atom is 0.534 e. The molecule has 118 valence electrons. The fourth-order valence-corrected chi connectivity index (χ4v) is 2.66. The molecule has 1 aliphatic rings. The van der Waals surface area contributed by atoms with Crippen molar-refractivity contribution >= 4 is 10.1 Å². The van der Waals surface area contributed by atoms with E-state index in [4.69, 9.17) is 0 Å². The molecule has 0 radical (unpaired) electrons. The quantitative estimate of drug-likeness (QED) is 0.630. The first kappa shape index (κ1) is 16.0. The van der Waals surface area contributed by atoms with Gasteiger partial charge < -0.3 is 9.08 Å². The number of piperidine rings is 1. The molecule has 0 saturated carbocycles. The first-order valence-corrected chi connectivity index (χ1v) is 7.74. The molecule has 21 heavy (non-hydrogen) atoms. The van der Waals surface area contributed by atoms with E-state index >= 15 is 0 Å². The van der Waals surface area contributed by atoms with Crippen LogP contribution in [0.15, 0.2) is 18.5 Å². The lowest BCUT2D eigenvalue weighted by Gasteiger charge is -2.29. The number of nitrogens with zero attached hydrogens (tertiary/aromatic N) is 2. The standard InChI is InChI=1S/C12H15F3N2O3S/c1-17-4-2-9(3-5-17)10-6-11(8-16-7-10)20-21(18,19)12(13,14)15/h6-9H,2-5H2,1H3. The number of pyridine rings is 1. The summed E-state index contributed by atoms with van der Waals surface area (Å²) >= 11 is 0. The second-order valence-corrected chi connectivity index (χ2v) is 6.55. The highest BCUT2D eigenvalue weighted by atomic mass is 32.2. The van der Waals surface area contributed by atoms with E-state index in [1.807, 2.05) is 7.05 Å². The molecular weight excluding hydrogens is 309 g/mol. The van der Waals surface area contributed by atoms with Crippen molar-refractivity contribution in [1.29, 1.82) is 0 Å². The summed E-state index contributed by atoms with van der Waals surface area (Å²) in [6.07, 6.45) is 4.17. The van der Waals surface area contributed by atoms with Gasteiger partial charge in [-0.2, -0.15) is 21.6 Å². The van der Waals surface area contributed by atoms with Crippen LogP contribution in [0.3, 0.4) is 0 Å². The SMILES string of the molecule is CN1CCC(c2cncc(OS(=O)(=O)C(F)(F)F)c2)CC1. The molecule has 0 atom stereocenters. The lowest BCUT2D eigenvalue weighted by atomic mass is 9.91. The van der Waals surface area contributed by atoms with Gasteiger partial charge in [0.2, 0.25) is 0 Å². The third kappa shape index (κ3) is 3.85. The first-order valence-electron chi connectivity index (χ1n) is 6.33. The normalized spacial score (nSPS) is 18.7. The number of alkyl halides is 3. The minimum Gasteiger partial charge on any atom is -0.374 e. The lowest BCUT2D eigenvalue weighted by Crippen LogP contribution is -2.29. The van der Waals surface area contributed by atoms with Crippen molar-refractivity contribution in [2.24, 2.45) is 0 Å². The van der Waals surface area contributed by atoms with E-state index in [9.17, 15) is 21.6 Å². The van der Waals surface area contributed by atoms with Crippen LogP contribution in [-0.4, -0.2) is 43.9 Å². The van der Waals surface area contributed by atoms with Gasteiger partial charge in [0.1, 0.15) is 0 Å². The topological polar surface area (TPSA) is 59.5 Å². The number of halogens is 3. The van der Waals surface area contributed by atoms with Gasteiger partial charge in [0.05, 0.1) is 6.20 Å². The van der Waals surface area contributed by atoms with Crippen LogP contribution < -0.4 is 4.18 Å². The van der Waals surface area contributed by atoms with Crippen molar-refractivity contribution in [3.8, 4) is 5.75 Å². The molecule has 0 spiro atoms. The van der Waals surface area contributed by atoms with Crippen LogP contribution in [0.4, 0.5) is 13.2 Å². The van der Waals surface area contributed by atoms with E-state index in [1.165, 1.54) is 12.3 Å². The first-order chi connectivity index (χ1) is 9.69. The van der Waals surface area contributed by atoms with Crippen LogP contribution in [0, 0.1) is 0 Å². The molecule has 2 rings (SSSR count). The van der Waals surface area contributed by atoms with Crippen molar-refractivity contribution < 1.29 is 25.8 Å². The van der Waals surface area contributed by atoms with Crippen LogP contribution in [0.25, 0.3) is 0 Å². The zero-order valence-electron chi connectivity index (χ0n) is 11.3. The van der Waals surface area contributed by atoms with E-state index in [2.05, 4.69) is 14.1 Å². The molecule has 0 aliphatic carbocycles. The third-order valence-corrected chi connectivity index (χ3v) is 4.39. The molecular formula is C12H15F3N2O3S. The Balaban J connectivity index is 2.15. The zero-order valence-corrected chi connectivity index (χ0v) is 12.1. The second-order valence-electron chi connectivity index (χ2n) is 5.01. The van der Waals surface area contributed by atoms with Gasteiger partial charge in [-0.3, -0.25) is 4.98 Å². The maximum absolute atomic E-state index is 12.3. The molecule has 0 N–H and O–H groups in total. The molecule has 9 heteroatoms. The van der Waals surface area contributed by atoms with E-state index in [-0.39, 0.29) is 5.92 Å². The van der Waals surface area contributed by atoms with Gasteiger partial charge >= 0.3 is 15.6 Å². The summed E-state index contributed by atoms with van der Waals surface area (Å²) in [6, 6.07) is 1.31. The van der Waals surface area contributed by atoms with Crippen molar-refractivity contribution in [1.82, 2.24) is 9.88 Å². The van der Waals surface area contributed by atoms with Crippen molar-refractivity contribution in [2.45, 2.75) is 24.3 Å². The Hall–Kier alpha value is -1.35. The van der Waals surface area contributed by atoms with Crippen LogP contribution in [0.2, 0.25) is 0 Å². The van der Waals surface area contributed by atoms with Crippen LogP contribution >= 0.6 is 0 Å². The molecule has 0 aromatic carbocycles. The van der Waals surface area contributed by atoms with Crippen LogP contribution in [0.1, 0.15) is 24.3 Å². The lowest BCUT2D eigenvalue weighted by molar-refractivity contribution is -0.0500. The predicted molar refractivity (Wildman–Crippen MR) is 69.3 cm³/mol. The zero-order chi connectivity index (χ0) is 15.7. The highest BCUT2D eigenvalue weighted by Crippen LogP contribution is 2.31. The largest absolute Gasteiger partial charge is 0.534 e. The molecule has 2 heterocycles. The molecule has 0 bridgehead atoms. The Kier molecular flexibility index (Phi) is 4.43. The van der Waals surface area contributed by atoms with Gasteiger partial charge in [-0.1, -0.05) is 0 Å². The Labute approximate surface area is 120 Å².